The summed E-state index contributed by atoms with van der Waals surface area (Å²) in [7, 11) is 0. The molecule has 0 amide bonds. The third-order valence-electron chi connectivity index (χ3n) is 4.14. The van der Waals surface area contributed by atoms with Crippen molar-refractivity contribution in [2.24, 2.45) is 0 Å². The molecule has 3 nitrogen and oxygen atoms in total. The maximum Gasteiger partial charge on any atom is 0.265 e. The van der Waals surface area contributed by atoms with Gasteiger partial charge < -0.3 is 0 Å². The Bertz CT molecular complexity index is 302. The molecule has 0 N–H and O–H groups in total. The van der Waals surface area contributed by atoms with Crippen LogP contribution in [0.2, 0.25) is 0 Å². The Balaban J connectivity index is 2.01. The van der Waals surface area contributed by atoms with Crippen LogP contribution in [-0.4, -0.2) is 9.78 Å². The summed E-state index contributed by atoms with van der Waals surface area (Å²) in [6, 6.07) is 0. The minimum absolute atomic E-state index is 1.08. The van der Waals surface area contributed by atoms with Gasteiger partial charge in [-0.2, -0.15) is 0 Å². The first-order valence-corrected chi connectivity index (χ1v) is 9.28. The van der Waals surface area contributed by atoms with Gasteiger partial charge in [0.2, 0.25) is 6.33 Å². The van der Waals surface area contributed by atoms with Crippen LogP contribution in [0.1, 0.15) is 90.9 Å². The quantitative estimate of drug-likeness (QED) is 0.353. The van der Waals surface area contributed by atoms with Crippen LogP contribution in [0.4, 0.5) is 0 Å². The predicted octanol–water partition coefficient (Wildman–Crippen LogP) is 4.89. The molecule has 0 saturated heterocycles. The highest BCUT2D eigenvalue weighted by molar-refractivity contribution is 4.49. The summed E-state index contributed by atoms with van der Waals surface area (Å²) in [6.07, 6.45) is 20.4. The van der Waals surface area contributed by atoms with Crippen LogP contribution in [0.15, 0.2) is 12.7 Å². The van der Waals surface area contributed by atoms with E-state index in [9.17, 15) is 0 Å². The molecule has 1 aromatic rings. The zero-order chi connectivity index (χ0) is 15.2. The Kier molecular flexibility index (Phi) is 11.1. The monoisotopic (exact) mass is 294 g/mol. The minimum atomic E-state index is 1.08. The maximum atomic E-state index is 4.46. The van der Waals surface area contributed by atoms with E-state index in [1.54, 1.807) is 0 Å². The molecular formula is C18H36N3+. The van der Waals surface area contributed by atoms with Crippen molar-refractivity contribution in [1.82, 2.24) is 9.78 Å². The fraction of sp³-hybridized carbons (Fsp3) is 0.889. The first kappa shape index (κ1) is 18.2. The Morgan fingerprint density at radius 1 is 0.762 bits per heavy atom. The molecular weight excluding hydrogens is 258 g/mol. The van der Waals surface area contributed by atoms with Crippen LogP contribution < -0.4 is 4.57 Å². The summed E-state index contributed by atoms with van der Waals surface area (Å²) in [5.41, 5.74) is 0. The lowest BCUT2D eigenvalue weighted by molar-refractivity contribution is -0.698. The average molecular weight is 295 g/mol. The average Bonchev–Trinajstić information content (AvgIpc) is 2.94. The van der Waals surface area contributed by atoms with Gasteiger partial charge in [-0.1, -0.05) is 78.1 Å². The van der Waals surface area contributed by atoms with Crippen LogP contribution in [-0.2, 0) is 13.1 Å². The molecule has 0 fully saturated rings. The molecule has 21 heavy (non-hydrogen) atoms. The molecule has 1 aromatic heterocycles. The molecule has 1 rings (SSSR count). The largest absolute Gasteiger partial charge is 0.265 e. The highest BCUT2D eigenvalue weighted by Crippen LogP contribution is 2.06. The van der Waals surface area contributed by atoms with E-state index in [1.165, 1.54) is 77.0 Å². The lowest BCUT2D eigenvalue weighted by Gasteiger charge is -1.99. The summed E-state index contributed by atoms with van der Waals surface area (Å²) in [5, 5.41) is 4.46. The van der Waals surface area contributed by atoms with Gasteiger partial charge in [0.05, 0.1) is 6.54 Å². The smallest absolute Gasteiger partial charge is 0.237 e. The first-order chi connectivity index (χ1) is 10.4. The molecule has 122 valence electrons. The van der Waals surface area contributed by atoms with Crippen molar-refractivity contribution in [3.63, 3.8) is 0 Å². The minimum Gasteiger partial charge on any atom is -0.237 e. The Hall–Kier alpha value is -0.860. The van der Waals surface area contributed by atoms with Crippen molar-refractivity contribution in [2.45, 2.75) is 104 Å². The Labute approximate surface area is 131 Å². The number of aromatic nitrogens is 3. The van der Waals surface area contributed by atoms with E-state index in [-0.39, 0.29) is 0 Å². The van der Waals surface area contributed by atoms with Gasteiger partial charge in [-0.3, -0.25) is 0 Å². The van der Waals surface area contributed by atoms with Gasteiger partial charge in [0.25, 0.3) is 6.33 Å². The van der Waals surface area contributed by atoms with E-state index in [2.05, 4.69) is 34.5 Å². The molecule has 0 aliphatic rings. The third kappa shape index (κ3) is 9.65. The van der Waals surface area contributed by atoms with E-state index in [4.69, 9.17) is 0 Å². The molecule has 0 bridgehead atoms. The lowest BCUT2D eigenvalue weighted by Crippen LogP contribution is -2.30. The zero-order valence-electron chi connectivity index (χ0n) is 14.4. The van der Waals surface area contributed by atoms with Crippen LogP contribution in [0.3, 0.4) is 0 Å². The summed E-state index contributed by atoms with van der Waals surface area (Å²) >= 11 is 0. The standard InChI is InChI=1S/C18H36N3/c1-3-5-7-9-11-13-15-20-17-19-21(18-20)16-14-12-10-8-6-4-2/h17-18H,3-16H2,1-2H3/q+1. The topological polar surface area (TPSA) is 21.7 Å². The summed E-state index contributed by atoms with van der Waals surface area (Å²) < 4.78 is 4.35. The second-order valence-electron chi connectivity index (χ2n) is 6.28. The van der Waals surface area contributed by atoms with E-state index >= 15 is 0 Å². The number of aryl methyl sites for hydroxylation is 2. The van der Waals surface area contributed by atoms with E-state index in [0.29, 0.717) is 0 Å². The molecule has 0 aliphatic heterocycles. The second-order valence-corrected chi connectivity index (χ2v) is 6.28. The number of unbranched alkanes of at least 4 members (excludes halogenated alkanes) is 10. The van der Waals surface area contributed by atoms with Gasteiger partial charge in [0.1, 0.15) is 6.54 Å². The van der Waals surface area contributed by atoms with Crippen molar-refractivity contribution < 1.29 is 4.57 Å². The zero-order valence-corrected chi connectivity index (χ0v) is 14.4. The van der Waals surface area contributed by atoms with E-state index in [1.807, 2.05) is 6.33 Å². The molecule has 0 spiro atoms. The number of rotatable bonds is 14. The number of nitrogens with zero attached hydrogens (tertiary/aromatic N) is 3. The number of hydrogen-bond donors (Lipinski definition) is 0. The summed E-state index contributed by atoms with van der Waals surface area (Å²) in [5.74, 6) is 0. The molecule has 0 atom stereocenters. The molecule has 0 aromatic carbocycles. The molecule has 0 unspecified atom stereocenters. The van der Waals surface area contributed by atoms with Gasteiger partial charge in [-0.25, -0.2) is 4.57 Å². The normalized spacial score (nSPS) is 11.1. The lowest BCUT2D eigenvalue weighted by atomic mass is 10.1. The fourth-order valence-corrected chi connectivity index (χ4v) is 2.72. The van der Waals surface area contributed by atoms with E-state index < -0.39 is 0 Å². The van der Waals surface area contributed by atoms with Gasteiger partial charge in [-0.15, -0.1) is 4.68 Å². The fourth-order valence-electron chi connectivity index (χ4n) is 2.72. The highest BCUT2D eigenvalue weighted by Gasteiger charge is 2.04. The van der Waals surface area contributed by atoms with Crippen molar-refractivity contribution >= 4 is 0 Å². The number of hydrogen-bond acceptors (Lipinski definition) is 1. The highest BCUT2D eigenvalue weighted by atomic mass is 15.3. The summed E-state index contributed by atoms with van der Waals surface area (Å²) in [6.45, 7) is 6.75. The predicted molar refractivity (Wildman–Crippen MR) is 89.2 cm³/mol. The molecule has 0 radical (unpaired) electrons. The molecule has 3 heteroatoms. The van der Waals surface area contributed by atoms with Gasteiger partial charge >= 0.3 is 0 Å². The summed E-state index contributed by atoms with van der Waals surface area (Å²) in [4.78, 5) is 0. The van der Waals surface area contributed by atoms with Crippen LogP contribution in [0, 0.1) is 0 Å². The first-order valence-electron chi connectivity index (χ1n) is 9.28. The third-order valence-corrected chi connectivity index (χ3v) is 4.14. The van der Waals surface area contributed by atoms with Gasteiger partial charge in [0, 0.05) is 5.10 Å². The Morgan fingerprint density at radius 3 is 2.00 bits per heavy atom. The Morgan fingerprint density at radius 2 is 1.33 bits per heavy atom. The van der Waals surface area contributed by atoms with Crippen LogP contribution >= 0.6 is 0 Å². The molecule has 0 saturated carbocycles. The SMILES string of the molecule is CCCCCCCCn1c[n+](CCCCCCCC)cn1. The maximum absolute atomic E-state index is 4.46. The van der Waals surface area contributed by atoms with Crippen molar-refractivity contribution in [3.8, 4) is 0 Å². The van der Waals surface area contributed by atoms with Crippen molar-refractivity contribution in [1.29, 1.82) is 0 Å². The molecule has 0 aliphatic carbocycles. The second kappa shape index (κ2) is 12.8. The van der Waals surface area contributed by atoms with Crippen LogP contribution in [0.25, 0.3) is 0 Å². The van der Waals surface area contributed by atoms with Crippen molar-refractivity contribution in [2.75, 3.05) is 0 Å². The van der Waals surface area contributed by atoms with Crippen molar-refractivity contribution in [3.05, 3.63) is 12.7 Å². The van der Waals surface area contributed by atoms with Crippen LogP contribution in [0.5, 0.6) is 0 Å². The van der Waals surface area contributed by atoms with Gasteiger partial charge in [0.15, 0.2) is 0 Å². The molecule has 1 heterocycles. The van der Waals surface area contributed by atoms with Gasteiger partial charge in [-0.05, 0) is 12.8 Å². The van der Waals surface area contributed by atoms with E-state index in [0.717, 1.165) is 13.1 Å².